The fourth-order valence-electron chi connectivity index (χ4n) is 3.18. The molecule has 0 aromatic heterocycles. The molecule has 0 saturated carbocycles. The first kappa shape index (κ1) is 16.9. The fraction of sp³-hybridized carbons (Fsp3) is 0.611. The fourth-order valence-corrected chi connectivity index (χ4v) is 3.18. The molecule has 3 rings (SSSR count). The predicted molar refractivity (Wildman–Crippen MR) is 90.4 cm³/mol. The molecule has 6 heteroatoms. The summed E-state index contributed by atoms with van der Waals surface area (Å²) in [6.45, 7) is 8.37. The summed E-state index contributed by atoms with van der Waals surface area (Å²) >= 11 is 0. The molecule has 2 unspecified atom stereocenters. The number of rotatable bonds is 2. The van der Waals surface area contributed by atoms with Gasteiger partial charge in [0.1, 0.15) is 17.1 Å². The highest BCUT2D eigenvalue weighted by Gasteiger charge is 2.34. The molecular formula is C18H26N2O4. The van der Waals surface area contributed by atoms with Gasteiger partial charge in [0.2, 0.25) is 0 Å². The van der Waals surface area contributed by atoms with E-state index in [0.29, 0.717) is 32.2 Å². The molecule has 2 heterocycles. The Morgan fingerprint density at radius 3 is 2.83 bits per heavy atom. The van der Waals surface area contributed by atoms with Crippen LogP contribution in [-0.2, 0) is 11.3 Å². The van der Waals surface area contributed by atoms with Crippen LogP contribution in [0.25, 0.3) is 0 Å². The molecule has 24 heavy (non-hydrogen) atoms. The lowest BCUT2D eigenvalue weighted by Gasteiger charge is -2.30. The zero-order chi connectivity index (χ0) is 17.3. The van der Waals surface area contributed by atoms with E-state index in [4.69, 9.17) is 14.2 Å². The van der Waals surface area contributed by atoms with Crippen molar-refractivity contribution in [3.63, 3.8) is 0 Å². The molecule has 2 aliphatic rings. The van der Waals surface area contributed by atoms with Gasteiger partial charge in [-0.15, -0.1) is 0 Å². The van der Waals surface area contributed by atoms with Gasteiger partial charge in [0.05, 0.1) is 39.5 Å². The Morgan fingerprint density at radius 2 is 2.17 bits per heavy atom. The van der Waals surface area contributed by atoms with Crippen molar-refractivity contribution < 1.29 is 19.0 Å². The lowest BCUT2D eigenvalue weighted by molar-refractivity contribution is 0.0795. The van der Waals surface area contributed by atoms with Gasteiger partial charge in [0.15, 0.2) is 0 Å². The van der Waals surface area contributed by atoms with E-state index in [-0.39, 0.29) is 12.1 Å². The smallest absolute Gasteiger partial charge is 0.318 e. The maximum atomic E-state index is 12.8. The second-order valence-corrected chi connectivity index (χ2v) is 7.26. The standard InChI is InChI=1S/C18H26N2O4/c1-12-9-23-10-15(12)19-17(21)20-8-13-5-6-14(22-4)7-16(13)24-18(2,3)11-20/h5-7,12,15H,8-11H2,1-4H3,(H,19,21). The number of hydrogen-bond acceptors (Lipinski definition) is 4. The molecule has 6 nitrogen and oxygen atoms in total. The molecule has 2 atom stereocenters. The molecule has 1 saturated heterocycles. The normalized spacial score (nSPS) is 25.4. The number of benzene rings is 1. The number of carbonyl (C=O) groups excluding carboxylic acids is 1. The number of urea groups is 1. The third-order valence-electron chi connectivity index (χ3n) is 4.55. The zero-order valence-electron chi connectivity index (χ0n) is 14.8. The quantitative estimate of drug-likeness (QED) is 0.902. The van der Waals surface area contributed by atoms with Crippen LogP contribution in [0, 0.1) is 5.92 Å². The van der Waals surface area contributed by atoms with Crippen molar-refractivity contribution >= 4 is 6.03 Å². The van der Waals surface area contributed by atoms with Gasteiger partial charge in [-0.25, -0.2) is 4.79 Å². The van der Waals surface area contributed by atoms with Gasteiger partial charge >= 0.3 is 6.03 Å². The number of carbonyl (C=O) groups is 1. The minimum atomic E-state index is -0.479. The Hall–Kier alpha value is -1.95. The Balaban J connectivity index is 1.79. The molecule has 2 aliphatic heterocycles. The summed E-state index contributed by atoms with van der Waals surface area (Å²) in [5.41, 5.74) is 0.500. The molecule has 1 aromatic carbocycles. The highest BCUT2D eigenvalue weighted by atomic mass is 16.5. The van der Waals surface area contributed by atoms with Crippen molar-refractivity contribution in [1.82, 2.24) is 10.2 Å². The average molecular weight is 334 g/mol. The van der Waals surface area contributed by atoms with Crippen LogP contribution in [0.4, 0.5) is 4.79 Å². The van der Waals surface area contributed by atoms with Crippen LogP contribution in [0.3, 0.4) is 0 Å². The number of nitrogens with one attached hydrogen (secondary N) is 1. The van der Waals surface area contributed by atoms with Gasteiger partial charge in [-0.2, -0.15) is 0 Å². The highest BCUT2D eigenvalue weighted by Crippen LogP contribution is 2.32. The highest BCUT2D eigenvalue weighted by molar-refractivity contribution is 5.75. The number of methoxy groups -OCH3 is 1. The van der Waals surface area contributed by atoms with Crippen LogP contribution in [-0.4, -0.2) is 49.4 Å². The topological polar surface area (TPSA) is 60.0 Å². The van der Waals surface area contributed by atoms with Crippen LogP contribution in [0.2, 0.25) is 0 Å². The summed E-state index contributed by atoms with van der Waals surface area (Å²) in [4.78, 5) is 14.6. The van der Waals surface area contributed by atoms with Crippen LogP contribution in [0.15, 0.2) is 18.2 Å². The van der Waals surface area contributed by atoms with Crippen LogP contribution in [0.1, 0.15) is 26.3 Å². The van der Waals surface area contributed by atoms with Crippen molar-refractivity contribution in [3.05, 3.63) is 23.8 Å². The summed E-state index contributed by atoms with van der Waals surface area (Å²) in [7, 11) is 1.63. The SMILES string of the molecule is COc1ccc2c(c1)OC(C)(C)CN(C(=O)NC1COCC1C)C2. The van der Waals surface area contributed by atoms with E-state index in [2.05, 4.69) is 12.2 Å². The van der Waals surface area contributed by atoms with E-state index in [1.807, 2.05) is 36.9 Å². The second kappa shape index (κ2) is 6.51. The largest absolute Gasteiger partial charge is 0.497 e. The van der Waals surface area contributed by atoms with Gasteiger partial charge in [0.25, 0.3) is 0 Å². The van der Waals surface area contributed by atoms with Crippen molar-refractivity contribution in [2.24, 2.45) is 5.92 Å². The first-order valence-electron chi connectivity index (χ1n) is 8.37. The monoisotopic (exact) mass is 334 g/mol. The lowest BCUT2D eigenvalue weighted by Crippen LogP contribution is -2.50. The van der Waals surface area contributed by atoms with E-state index < -0.39 is 5.60 Å². The Kier molecular flexibility index (Phi) is 4.58. The minimum Gasteiger partial charge on any atom is -0.497 e. The number of fused-ring (bicyclic) bond motifs is 1. The van der Waals surface area contributed by atoms with Crippen molar-refractivity contribution in [2.75, 3.05) is 26.9 Å². The third kappa shape index (κ3) is 3.59. The molecule has 1 aromatic rings. The van der Waals surface area contributed by atoms with Crippen LogP contribution >= 0.6 is 0 Å². The molecule has 132 valence electrons. The molecule has 0 spiro atoms. The first-order chi connectivity index (χ1) is 11.4. The van der Waals surface area contributed by atoms with Crippen molar-refractivity contribution in [3.8, 4) is 11.5 Å². The van der Waals surface area contributed by atoms with Gasteiger partial charge in [-0.05, 0) is 26.0 Å². The molecule has 0 radical (unpaired) electrons. The summed E-state index contributed by atoms with van der Waals surface area (Å²) in [6, 6.07) is 5.73. The van der Waals surface area contributed by atoms with Crippen LogP contribution < -0.4 is 14.8 Å². The van der Waals surface area contributed by atoms with Gasteiger partial charge < -0.3 is 24.4 Å². The Morgan fingerprint density at radius 1 is 1.38 bits per heavy atom. The van der Waals surface area contributed by atoms with E-state index in [1.54, 1.807) is 7.11 Å². The predicted octanol–water partition coefficient (Wildman–Crippen LogP) is 2.41. The Labute approximate surface area is 143 Å². The van der Waals surface area contributed by atoms with E-state index in [9.17, 15) is 4.79 Å². The lowest BCUT2D eigenvalue weighted by atomic mass is 10.1. The van der Waals surface area contributed by atoms with Crippen molar-refractivity contribution in [2.45, 2.75) is 39.0 Å². The van der Waals surface area contributed by atoms with Gasteiger partial charge in [-0.1, -0.05) is 6.92 Å². The maximum Gasteiger partial charge on any atom is 0.318 e. The first-order valence-corrected chi connectivity index (χ1v) is 8.37. The molecule has 0 aliphatic carbocycles. The van der Waals surface area contributed by atoms with E-state index >= 15 is 0 Å². The average Bonchev–Trinajstić information content (AvgIpc) is 2.86. The molecular weight excluding hydrogens is 308 g/mol. The van der Waals surface area contributed by atoms with Crippen molar-refractivity contribution in [1.29, 1.82) is 0 Å². The Bertz CT molecular complexity index is 617. The summed E-state index contributed by atoms with van der Waals surface area (Å²) in [6.07, 6.45) is 0. The maximum absolute atomic E-state index is 12.8. The third-order valence-corrected chi connectivity index (χ3v) is 4.55. The number of ether oxygens (including phenoxy) is 3. The van der Waals surface area contributed by atoms with Gasteiger partial charge in [-0.3, -0.25) is 0 Å². The molecule has 2 amide bonds. The summed E-state index contributed by atoms with van der Waals surface area (Å²) in [5.74, 6) is 1.85. The molecule has 1 fully saturated rings. The zero-order valence-corrected chi connectivity index (χ0v) is 14.8. The number of hydrogen-bond donors (Lipinski definition) is 1. The molecule has 0 bridgehead atoms. The number of nitrogens with zero attached hydrogens (tertiary/aromatic N) is 1. The van der Waals surface area contributed by atoms with Gasteiger partial charge in [0, 0.05) is 17.5 Å². The molecule has 1 N–H and O–H groups in total. The van der Waals surface area contributed by atoms with E-state index in [1.165, 1.54) is 0 Å². The minimum absolute atomic E-state index is 0.0696. The summed E-state index contributed by atoms with van der Waals surface area (Å²) in [5, 5.41) is 3.10. The van der Waals surface area contributed by atoms with Crippen LogP contribution in [0.5, 0.6) is 11.5 Å². The summed E-state index contributed by atoms with van der Waals surface area (Å²) < 4.78 is 16.8. The number of amides is 2. The van der Waals surface area contributed by atoms with E-state index in [0.717, 1.165) is 17.1 Å². The second-order valence-electron chi connectivity index (χ2n) is 7.26.